The summed E-state index contributed by atoms with van der Waals surface area (Å²) in [4.78, 5) is 0. The summed E-state index contributed by atoms with van der Waals surface area (Å²) < 4.78 is 31.4. The van der Waals surface area contributed by atoms with Gasteiger partial charge in [-0.15, -0.1) is 0 Å². The highest BCUT2D eigenvalue weighted by Crippen LogP contribution is 2.43. The van der Waals surface area contributed by atoms with Gasteiger partial charge in [0, 0.05) is 0 Å². The molecule has 0 N–H and O–H groups in total. The van der Waals surface area contributed by atoms with Gasteiger partial charge in [0.1, 0.15) is 0 Å². The molecule has 0 spiro atoms. The molecule has 0 aliphatic heterocycles. The van der Waals surface area contributed by atoms with E-state index in [9.17, 15) is 8.42 Å². The first-order chi connectivity index (χ1) is 7.54. The Labute approximate surface area is 96.7 Å². The minimum atomic E-state index is -3.32. The van der Waals surface area contributed by atoms with Gasteiger partial charge in [-0.2, -0.15) is 8.42 Å². The van der Waals surface area contributed by atoms with Crippen molar-refractivity contribution in [3.05, 3.63) is 12.2 Å². The maximum Gasteiger partial charge on any atom is 0.264 e. The van der Waals surface area contributed by atoms with Crippen LogP contribution >= 0.6 is 0 Å². The van der Waals surface area contributed by atoms with Crippen molar-refractivity contribution in [3.63, 3.8) is 0 Å². The van der Waals surface area contributed by atoms with Crippen LogP contribution in [0.25, 0.3) is 0 Å². The lowest BCUT2D eigenvalue weighted by Crippen LogP contribution is -2.17. The lowest BCUT2D eigenvalue weighted by Gasteiger charge is -2.17. The van der Waals surface area contributed by atoms with Crippen molar-refractivity contribution in [2.75, 3.05) is 26.1 Å². The lowest BCUT2D eigenvalue weighted by atomic mass is 9.95. The van der Waals surface area contributed by atoms with Crippen LogP contribution in [0, 0.1) is 17.8 Å². The minimum absolute atomic E-state index is 0.121. The van der Waals surface area contributed by atoms with Gasteiger partial charge in [-0.1, -0.05) is 12.2 Å². The fourth-order valence-corrected chi connectivity index (χ4v) is 2.94. The van der Waals surface area contributed by atoms with Gasteiger partial charge in [0.2, 0.25) is 0 Å². The van der Waals surface area contributed by atoms with Crippen LogP contribution in [0.15, 0.2) is 12.2 Å². The van der Waals surface area contributed by atoms with Gasteiger partial charge >= 0.3 is 0 Å². The van der Waals surface area contributed by atoms with Gasteiger partial charge in [0.15, 0.2) is 0 Å². The van der Waals surface area contributed by atoms with Crippen molar-refractivity contribution in [2.45, 2.75) is 12.8 Å². The molecule has 2 aliphatic carbocycles. The third-order valence-corrected chi connectivity index (χ3v) is 3.87. The van der Waals surface area contributed by atoms with E-state index in [0.717, 1.165) is 18.8 Å². The molecule has 5 heteroatoms. The zero-order valence-corrected chi connectivity index (χ0v) is 10.3. The molecular formula is C11H18O4S. The molecule has 0 aromatic rings. The molecule has 2 rings (SSSR count). The molecular weight excluding hydrogens is 228 g/mol. The summed E-state index contributed by atoms with van der Waals surface area (Å²) in [6, 6.07) is 0. The summed E-state index contributed by atoms with van der Waals surface area (Å²) in [5.41, 5.74) is 0. The Kier molecular flexibility index (Phi) is 3.66. The Morgan fingerprint density at radius 3 is 2.62 bits per heavy atom. The second kappa shape index (κ2) is 4.85. The SMILES string of the molecule is CS(=O)(=O)OCCOCC1CC2C=CC1C2. The predicted octanol–water partition coefficient (Wildman–Crippen LogP) is 1.19. The van der Waals surface area contributed by atoms with E-state index in [2.05, 4.69) is 16.3 Å². The summed E-state index contributed by atoms with van der Waals surface area (Å²) >= 11 is 0. The quantitative estimate of drug-likeness (QED) is 0.401. The second-order valence-corrected chi connectivity index (χ2v) is 6.29. The van der Waals surface area contributed by atoms with E-state index in [1.54, 1.807) is 0 Å². The molecule has 3 unspecified atom stereocenters. The highest BCUT2D eigenvalue weighted by molar-refractivity contribution is 7.85. The van der Waals surface area contributed by atoms with Crippen molar-refractivity contribution < 1.29 is 17.3 Å². The number of allylic oxidation sites excluding steroid dienone is 2. The van der Waals surface area contributed by atoms with E-state index < -0.39 is 10.1 Å². The smallest absolute Gasteiger partial charge is 0.264 e. The van der Waals surface area contributed by atoms with Gasteiger partial charge < -0.3 is 4.74 Å². The summed E-state index contributed by atoms with van der Waals surface area (Å²) in [7, 11) is -3.32. The van der Waals surface area contributed by atoms with Crippen LogP contribution in [0.4, 0.5) is 0 Å². The average Bonchev–Trinajstić information content (AvgIpc) is 2.76. The van der Waals surface area contributed by atoms with Gasteiger partial charge in [0.05, 0.1) is 26.1 Å². The summed E-state index contributed by atoms with van der Waals surface area (Å²) in [5.74, 6) is 2.06. The standard InChI is InChI=1S/C11H18O4S/c1-16(12,13)15-5-4-14-8-11-7-9-2-3-10(11)6-9/h2-3,9-11H,4-8H2,1H3. The summed E-state index contributed by atoms with van der Waals surface area (Å²) in [5, 5.41) is 0. The summed E-state index contributed by atoms with van der Waals surface area (Å²) in [6.45, 7) is 1.19. The van der Waals surface area contributed by atoms with Gasteiger partial charge in [-0.05, 0) is 30.6 Å². The molecule has 3 atom stereocenters. The number of hydrogen-bond acceptors (Lipinski definition) is 4. The molecule has 0 heterocycles. The van der Waals surface area contributed by atoms with Crippen LogP contribution in [0.5, 0.6) is 0 Å². The zero-order valence-electron chi connectivity index (χ0n) is 9.46. The van der Waals surface area contributed by atoms with Crippen molar-refractivity contribution in [1.82, 2.24) is 0 Å². The van der Waals surface area contributed by atoms with Crippen LogP contribution in [0.2, 0.25) is 0 Å². The molecule has 0 aromatic heterocycles. The van der Waals surface area contributed by atoms with Crippen molar-refractivity contribution in [3.8, 4) is 0 Å². The first-order valence-corrected chi connectivity index (χ1v) is 7.47. The third kappa shape index (κ3) is 3.30. The second-order valence-electron chi connectivity index (χ2n) is 4.64. The van der Waals surface area contributed by atoms with Crippen molar-refractivity contribution in [1.29, 1.82) is 0 Å². The van der Waals surface area contributed by atoms with Crippen LogP contribution < -0.4 is 0 Å². The molecule has 0 amide bonds. The van der Waals surface area contributed by atoms with E-state index >= 15 is 0 Å². The van der Waals surface area contributed by atoms with Crippen molar-refractivity contribution in [2.24, 2.45) is 17.8 Å². The van der Waals surface area contributed by atoms with Crippen LogP contribution in [0.1, 0.15) is 12.8 Å². The molecule has 2 aliphatic rings. The van der Waals surface area contributed by atoms with Crippen molar-refractivity contribution >= 4 is 10.1 Å². The maximum absolute atomic E-state index is 10.7. The Hall–Kier alpha value is -0.390. The van der Waals surface area contributed by atoms with Gasteiger partial charge in [0.25, 0.3) is 10.1 Å². The van der Waals surface area contributed by atoms with Crippen LogP contribution in [0.3, 0.4) is 0 Å². The molecule has 4 nitrogen and oxygen atoms in total. The van der Waals surface area contributed by atoms with E-state index in [4.69, 9.17) is 4.74 Å². The Balaban J connectivity index is 1.57. The normalized spacial score (nSPS) is 32.4. The van der Waals surface area contributed by atoms with Crippen LogP contribution in [-0.4, -0.2) is 34.5 Å². The Bertz CT molecular complexity index is 360. The fraction of sp³-hybridized carbons (Fsp3) is 0.818. The van der Waals surface area contributed by atoms with Gasteiger partial charge in [-0.25, -0.2) is 0 Å². The van der Waals surface area contributed by atoms with Crippen LogP contribution in [-0.2, 0) is 19.0 Å². The Morgan fingerprint density at radius 1 is 1.25 bits per heavy atom. The number of hydrogen-bond donors (Lipinski definition) is 0. The molecule has 0 saturated heterocycles. The zero-order chi connectivity index (χ0) is 11.6. The summed E-state index contributed by atoms with van der Waals surface area (Å²) in [6.07, 6.45) is 8.12. The molecule has 0 radical (unpaired) electrons. The fourth-order valence-electron chi connectivity index (χ4n) is 2.57. The number of fused-ring (bicyclic) bond motifs is 2. The molecule has 16 heavy (non-hydrogen) atoms. The molecule has 92 valence electrons. The predicted molar refractivity (Wildman–Crippen MR) is 60.5 cm³/mol. The highest BCUT2D eigenvalue weighted by atomic mass is 32.2. The topological polar surface area (TPSA) is 52.6 Å². The monoisotopic (exact) mass is 246 g/mol. The molecule has 2 bridgehead atoms. The first-order valence-electron chi connectivity index (χ1n) is 5.65. The molecule has 1 fully saturated rings. The third-order valence-electron chi connectivity index (χ3n) is 3.27. The molecule has 1 saturated carbocycles. The number of ether oxygens (including phenoxy) is 1. The van der Waals surface area contributed by atoms with E-state index in [1.807, 2.05) is 0 Å². The average molecular weight is 246 g/mol. The maximum atomic E-state index is 10.7. The molecule has 0 aromatic carbocycles. The Morgan fingerprint density at radius 2 is 2.06 bits per heavy atom. The van der Waals surface area contributed by atoms with E-state index in [1.165, 1.54) is 12.8 Å². The first kappa shape index (κ1) is 12.1. The number of rotatable bonds is 6. The van der Waals surface area contributed by atoms with Gasteiger partial charge in [-0.3, -0.25) is 4.18 Å². The highest BCUT2D eigenvalue weighted by Gasteiger charge is 2.35. The largest absolute Gasteiger partial charge is 0.379 e. The lowest BCUT2D eigenvalue weighted by molar-refractivity contribution is 0.0690. The van der Waals surface area contributed by atoms with E-state index in [-0.39, 0.29) is 6.61 Å². The van der Waals surface area contributed by atoms with E-state index in [0.29, 0.717) is 18.4 Å². The minimum Gasteiger partial charge on any atom is -0.379 e.